The highest BCUT2D eigenvalue weighted by Crippen LogP contribution is 2.52. The van der Waals surface area contributed by atoms with Gasteiger partial charge in [0.2, 0.25) is 0 Å². The number of rotatable bonds is 7. The molecule has 0 N–H and O–H groups in total. The molecule has 57 heavy (non-hydrogen) atoms. The van der Waals surface area contributed by atoms with Gasteiger partial charge >= 0.3 is 0 Å². The Labute approximate surface area is 334 Å². The van der Waals surface area contributed by atoms with E-state index in [1.54, 1.807) is 0 Å². The molecule has 0 unspecified atom stereocenters. The van der Waals surface area contributed by atoms with Crippen molar-refractivity contribution in [1.29, 1.82) is 0 Å². The van der Waals surface area contributed by atoms with Crippen LogP contribution in [0.4, 0.5) is 0 Å². The Balaban J connectivity index is 1.02. The van der Waals surface area contributed by atoms with E-state index in [4.69, 9.17) is 9.97 Å². The molecule has 9 aromatic rings. The molecule has 0 spiro atoms. The maximum absolute atomic E-state index is 5.21. The maximum Gasteiger partial charge on any atom is 0.160 e. The van der Waals surface area contributed by atoms with E-state index in [9.17, 15) is 0 Å². The molecule has 0 amide bonds. The zero-order valence-corrected chi connectivity index (χ0v) is 32.0. The van der Waals surface area contributed by atoms with Crippen molar-refractivity contribution in [3.05, 3.63) is 217 Å². The summed E-state index contributed by atoms with van der Waals surface area (Å²) in [4.78, 5) is 10.4. The second-order valence-corrected chi connectivity index (χ2v) is 15.4. The second kappa shape index (κ2) is 14.2. The van der Waals surface area contributed by atoms with E-state index in [0.717, 1.165) is 44.8 Å². The van der Waals surface area contributed by atoms with Crippen molar-refractivity contribution in [2.24, 2.45) is 0 Å². The highest BCUT2D eigenvalue weighted by Gasteiger charge is 2.36. The van der Waals surface area contributed by atoms with Crippen LogP contribution in [0.2, 0.25) is 0 Å². The van der Waals surface area contributed by atoms with Crippen molar-refractivity contribution in [3.8, 4) is 89.5 Å². The van der Waals surface area contributed by atoms with Crippen molar-refractivity contribution >= 4 is 0 Å². The zero-order valence-electron chi connectivity index (χ0n) is 32.0. The monoisotopic (exact) mass is 728 g/mol. The summed E-state index contributed by atoms with van der Waals surface area (Å²) in [6.45, 7) is 4.68. The van der Waals surface area contributed by atoms with Crippen molar-refractivity contribution in [3.63, 3.8) is 0 Å². The third-order valence-electron chi connectivity index (χ3n) is 11.5. The van der Waals surface area contributed by atoms with Gasteiger partial charge in [-0.1, -0.05) is 202 Å². The van der Waals surface area contributed by atoms with E-state index in [0.29, 0.717) is 5.82 Å². The smallest absolute Gasteiger partial charge is 0.160 e. The summed E-state index contributed by atoms with van der Waals surface area (Å²) in [5.41, 5.74) is 19.8. The Morgan fingerprint density at radius 1 is 0.298 bits per heavy atom. The SMILES string of the molecule is CC1(C)c2ccccc2-c2c(-c3cccc(-c4ccc(-c5cc(-c6ccc(-c7ccccc7)cc6)nc(-c6cccc(-c7ccccc7)c6)n5)cc4)c3)cccc21. The molecule has 0 saturated carbocycles. The lowest BCUT2D eigenvalue weighted by molar-refractivity contribution is 0.660. The van der Waals surface area contributed by atoms with Crippen LogP contribution in [0.15, 0.2) is 206 Å². The number of hydrogen-bond donors (Lipinski definition) is 0. The molecular formula is C55H40N2. The fourth-order valence-corrected chi connectivity index (χ4v) is 8.50. The fraction of sp³-hybridized carbons (Fsp3) is 0.0545. The Morgan fingerprint density at radius 2 is 0.702 bits per heavy atom. The highest BCUT2D eigenvalue weighted by molar-refractivity contribution is 5.93. The van der Waals surface area contributed by atoms with Crippen LogP contribution in [-0.4, -0.2) is 9.97 Å². The molecule has 0 radical (unpaired) electrons. The fourth-order valence-electron chi connectivity index (χ4n) is 8.50. The number of fused-ring (bicyclic) bond motifs is 3. The largest absolute Gasteiger partial charge is 0.228 e. The van der Waals surface area contributed by atoms with E-state index < -0.39 is 0 Å². The standard InChI is InChI=1S/C55H40N2/c1-55(2)49-24-10-9-22-48(49)53-47(23-13-25-50(53)55)45-20-11-18-43(34-45)40-28-32-42(33-29-40)52-36-51(41-30-26-39(27-31-41)37-14-5-3-6-15-37)56-54(57-52)46-21-12-19-44(35-46)38-16-7-4-8-17-38/h3-36H,1-2H3. The van der Waals surface area contributed by atoms with E-state index in [1.807, 2.05) is 12.1 Å². The van der Waals surface area contributed by atoms with Gasteiger partial charge in [0.1, 0.15) is 0 Å². The van der Waals surface area contributed by atoms with Gasteiger partial charge in [-0.2, -0.15) is 0 Å². The molecule has 10 rings (SSSR count). The minimum Gasteiger partial charge on any atom is -0.228 e. The first-order valence-corrected chi connectivity index (χ1v) is 19.6. The molecule has 1 aromatic heterocycles. The molecule has 0 saturated heterocycles. The average molecular weight is 729 g/mol. The van der Waals surface area contributed by atoms with Crippen molar-refractivity contribution in [2.75, 3.05) is 0 Å². The molecule has 0 fully saturated rings. The molecule has 1 aliphatic rings. The summed E-state index contributed by atoms with van der Waals surface area (Å²) in [6.07, 6.45) is 0. The Kier molecular flexibility index (Phi) is 8.53. The molecular weight excluding hydrogens is 689 g/mol. The van der Waals surface area contributed by atoms with Gasteiger partial charge in [0.15, 0.2) is 5.82 Å². The van der Waals surface area contributed by atoms with E-state index in [1.165, 1.54) is 50.1 Å². The number of hydrogen-bond acceptors (Lipinski definition) is 2. The Morgan fingerprint density at radius 3 is 1.33 bits per heavy atom. The first kappa shape index (κ1) is 34.3. The molecule has 2 heteroatoms. The lowest BCUT2D eigenvalue weighted by Gasteiger charge is -2.21. The lowest BCUT2D eigenvalue weighted by atomic mass is 9.82. The number of benzene rings is 8. The van der Waals surface area contributed by atoms with Gasteiger partial charge in [-0.15, -0.1) is 0 Å². The molecule has 2 nitrogen and oxygen atoms in total. The predicted molar refractivity (Wildman–Crippen MR) is 238 cm³/mol. The van der Waals surface area contributed by atoms with Gasteiger partial charge < -0.3 is 0 Å². The summed E-state index contributed by atoms with van der Waals surface area (Å²) in [5.74, 6) is 0.698. The molecule has 0 aliphatic heterocycles. The van der Waals surface area contributed by atoms with Gasteiger partial charge in [0, 0.05) is 22.1 Å². The van der Waals surface area contributed by atoms with Crippen LogP contribution in [0.3, 0.4) is 0 Å². The highest BCUT2D eigenvalue weighted by atomic mass is 14.9. The lowest BCUT2D eigenvalue weighted by Crippen LogP contribution is -2.14. The molecule has 1 aliphatic carbocycles. The van der Waals surface area contributed by atoms with Crippen LogP contribution in [0.1, 0.15) is 25.0 Å². The third kappa shape index (κ3) is 6.36. The van der Waals surface area contributed by atoms with Crippen molar-refractivity contribution in [1.82, 2.24) is 9.97 Å². The van der Waals surface area contributed by atoms with Gasteiger partial charge in [0.05, 0.1) is 11.4 Å². The van der Waals surface area contributed by atoms with Crippen LogP contribution in [-0.2, 0) is 5.41 Å². The zero-order chi connectivity index (χ0) is 38.3. The number of aromatic nitrogens is 2. The summed E-state index contributed by atoms with van der Waals surface area (Å²) in [5, 5.41) is 0. The minimum absolute atomic E-state index is 0.0353. The van der Waals surface area contributed by atoms with E-state index in [-0.39, 0.29) is 5.41 Å². The van der Waals surface area contributed by atoms with Crippen molar-refractivity contribution < 1.29 is 0 Å². The second-order valence-electron chi connectivity index (χ2n) is 15.4. The van der Waals surface area contributed by atoms with Gasteiger partial charge in [-0.3, -0.25) is 0 Å². The van der Waals surface area contributed by atoms with Gasteiger partial charge in [0.25, 0.3) is 0 Å². The van der Waals surface area contributed by atoms with Gasteiger partial charge in [-0.25, -0.2) is 9.97 Å². The molecule has 0 atom stereocenters. The van der Waals surface area contributed by atoms with E-state index >= 15 is 0 Å². The Hall–Kier alpha value is -7.16. The van der Waals surface area contributed by atoms with Crippen LogP contribution in [0.25, 0.3) is 89.5 Å². The topological polar surface area (TPSA) is 25.8 Å². The van der Waals surface area contributed by atoms with Crippen molar-refractivity contribution in [2.45, 2.75) is 19.3 Å². The van der Waals surface area contributed by atoms with Crippen LogP contribution < -0.4 is 0 Å². The van der Waals surface area contributed by atoms with Crippen LogP contribution in [0, 0.1) is 0 Å². The third-order valence-corrected chi connectivity index (χ3v) is 11.5. The summed E-state index contributed by atoms with van der Waals surface area (Å²) in [6, 6.07) is 73.7. The maximum atomic E-state index is 5.21. The summed E-state index contributed by atoms with van der Waals surface area (Å²) >= 11 is 0. The average Bonchev–Trinajstić information content (AvgIpc) is 3.53. The van der Waals surface area contributed by atoms with Crippen LogP contribution >= 0.6 is 0 Å². The molecule has 8 aromatic carbocycles. The van der Waals surface area contributed by atoms with Crippen LogP contribution in [0.5, 0.6) is 0 Å². The first-order valence-electron chi connectivity index (χ1n) is 19.6. The van der Waals surface area contributed by atoms with E-state index in [2.05, 4.69) is 208 Å². The molecule has 0 bridgehead atoms. The summed E-state index contributed by atoms with van der Waals surface area (Å²) in [7, 11) is 0. The quantitative estimate of drug-likeness (QED) is 0.163. The first-order chi connectivity index (χ1) is 28.0. The van der Waals surface area contributed by atoms with Gasteiger partial charge in [-0.05, 0) is 85.0 Å². The predicted octanol–water partition coefficient (Wildman–Crippen LogP) is 14.5. The molecule has 270 valence electrons. The Bertz CT molecular complexity index is 2890. The number of nitrogens with zero attached hydrogens (tertiary/aromatic N) is 2. The minimum atomic E-state index is -0.0353. The molecule has 1 heterocycles. The summed E-state index contributed by atoms with van der Waals surface area (Å²) < 4.78 is 0. The normalized spacial score (nSPS) is 12.5.